The topological polar surface area (TPSA) is 32.3 Å². The molecule has 20 heavy (non-hydrogen) atoms. The Labute approximate surface area is 129 Å². The van der Waals surface area contributed by atoms with E-state index in [4.69, 9.17) is 23.8 Å². The van der Waals surface area contributed by atoms with Gasteiger partial charge in [-0.05, 0) is 41.8 Å². The van der Waals surface area contributed by atoms with Crippen LogP contribution in [0.2, 0.25) is 5.02 Å². The van der Waals surface area contributed by atoms with E-state index in [2.05, 4.69) is 31.3 Å². The van der Waals surface area contributed by atoms with E-state index < -0.39 is 0 Å². The zero-order chi connectivity index (χ0) is 14.7. The van der Waals surface area contributed by atoms with Crippen LogP contribution in [0.15, 0.2) is 42.5 Å². The van der Waals surface area contributed by atoms with Crippen LogP contribution in [0.4, 0.5) is 5.69 Å². The molecule has 4 heteroatoms. The molecule has 2 aromatic carbocycles. The van der Waals surface area contributed by atoms with Crippen molar-refractivity contribution in [3.05, 3.63) is 58.6 Å². The number of hydrogen-bond donors (Lipinski definition) is 2. The normalized spacial score (nSPS) is 10.6. The third-order valence-electron chi connectivity index (χ3n) is 3.04. The minimum atomic E-state index is 0.116. The van der Waals surface area contributed by atoms with Crippen LogP contribution in [0, 0.1) is 0 Å². The number of aromatic hydroxyl groups is 1. The van der Waals surface area contributed by atoms with Crippen molar-refractivity contribution in [2.24, 2.45) is 0 Å². The molecule has 0 aliphatic rings. The van der Waals surface area contributed by atoms with Crippen LogP contribution >= 0.6 is 23.8 Å². The van der Waals surface area contributed by atoms with E-state index in [-0.39, 0.29) is 5.75 Å². The lowest BCUT2D eigenvalue weighted by atomic mass is 10.0. The maximum Gasteiger partial charge on any atom is 0.125 e. The average molecular weight is 306 g/mol. The van der Waals surface area contributed by atoms with Crippen molar-refractivity contribution in [1.82, 2.24) is 0 Å². The molecule has 0 heterocycles. The van der Waals surface area contributed by atoms with E-state index in [0.29, 0.717) is 21.5 Å². The lowest BCUT2D eigenvalue weighted by Crippen LogP contribution is -2.10. The maximum atomic E-state index is 9.81. The number of phenols is 1. The Morgan fingerprint density at radius 1 is 1.15 bits per heavy atom. The summed E-state index contributed by atoms with van der Waals surface area (Å²) >= 11 is 11.2. The standard InChI is InChI=1S/C16H16ClNOS/c1-10(2)11-3-6-13(7-4-11)18-16(20)14-9-12(17)5-8-15(14)19/h3-10,19H,1-2H3,(H,18,20). The quantitative estimate of drug-likeness (QED) is 0.786. The van der Waals surface area contributed by atoms with Crippen LogP contribution in [0.25, 0.3) is 0 Å². The Morgan fingerprint density at radius 2 is 1.80 bits per heavy atom. The van der Waals surface area contributed by atoms with E-state index >= 15 is 0 Å². The summed E-state index contributed by atoms with van der Waals surface area (Å²) < 4.78 is 0. The lowest BCUT2D eigenvalue weighted by Gasteiger charge is -2.11. The summed E-state index contributed by atoms with van der Waals surface area (Å²) in [6, 6.07) is 12.9. The minimum absolute atomic E-state index is 0.116. The van der Waals surface area contributed by atoms with Gasteiger partial charge in [-0.25, -0.2) is 0 Å². The van der Waals surface area contributed by atoms with Gasteiger partial charge in [-0.3, -0.25) is 0 Å². The molecule has 2 rings (SSSR count). The number of rotatable bonds is 3. The zero-order valence-corrected chi connectivity index (χ0v) is 12.9. The van der Waals surface area contributed by atoms with Gasteiger partial charge < -0.3 is 10.4 Å². The van der Waals surface area contributed by atoms with Crippen molar-refractivity contribution in [2.75, 3.05) is 5.32 Å². The number of anilines is 1. The second-order valence-corrected chi connectivity index (χ2v) is 5.74. The van der Waals surface area contributed by atoms with Gasteiger partial charge in [0, 0.05) is 10.7 Å². The fraction of sp³-hybridized carbons (Fsp3) is 0.188. The van der Waals surface area contributed by atoms with E-state index in [1.807, 2.05) is 12.1 Å². The van der Waals surface area contributed by atoms with Crippen LogP contribution in [0.5, 0.6) is 5.75 Å². The Balaban J connectivity index is 2.17. The number of thiocarbonyl (C=S) groups is 1. The van der Waals surface area contributed by atoms with E-state index in [1.54, 1.807) is 12.1 Å². The van der Waals surface area contributed by atoms with Crippen molar-refractivity contribution in [3.63, 3.8) is 0 Å². The van der Waals surface area contributed by atoms with Crippen LogP contribution in [-0.2, 0) is 0 Å². The highest BCUT2D eigenvalue weighted by molar-refractivity contribution is 7.81. The summed E-state index contributed by atoms with van der Waals surface area (Å²) in [5.41, 5.74) is 2.69. The fourth-order valence-electron chi connectivity index (χ4n) is 1.84. The van der Waals surface area contributed by atoms with Gasteiger partial charge >= 0.3 is 0 Å². The number of benzene rings is 2. The first kappa shape index (κ1) is 14.8. The smallest absolute Gasteiger partial charge is 0.125 e. The molecule has 0 spiro atoms. The molecule has 104 valence electrons. The largest absolute Gasteiger partial charge is 0.507 e. The fourth-order valence-corrected chi connectivity index (χ4v) is 2.29. The van der Waals surface area contributed by atoms with Crippen molar-refractivity contribution in [1.29, 1.82) is 0 Å². The molecule has 0 saturated heterocycles. The van der Waals surface area contributed by atoms with Crippen molar-refractivity contribution >= 4 is 34.5 Å². The van der Waals surface area contributed by atoms with Gasteiger partial charge in [-0.2, -0.15) is 0 Å². The molecule has 0 aliphatic heterocycles. The summed E-state index contributed by atoms with van der Waals surface area (Å²) in [6.45, 7) is 4.30. The Hall–Kier alpha value is -1.58. The maximum absolute atomic E-state index is 9.81. The summed E-state index contributed by atoms with van der Waals surface area (Å²) in [7, 11) is 0. The molecule has 0 aliphatic carbocycles. The molecular weight excluding hydrogens is 290 g/mol. The van der Waals surface area contributed by atoms with Gasteiger partial charge in [0.25, 0.3) is 0 Å². The number of hydrogen-bond acceptors (Lipinski definition) is 2. The molecule has 0 atom stereocenters. The van der Waals surface area contributed by atoms with E-state index in [9.17, 15) is 5.11 Å². The molecule has 0 fully saturated rings. The van der Waals surface area contributed by atoms with Gasteiger partial charge in [-0.1, -0.05) is 49.8 Å². The molecule has 0 aromatic heterocycles. The SMILES string of the molecule is CC(C)c1ccc(NC(=S)c2cc(Cl)ccc2O)cc1. The Kier molecular flexibility index (Phi) is 4.63. The van der Waals surface area contributed by atoms with Gasteiger partial charge in [0.15, 0.2) is 0 Å². The monoisotopic (exact) mass is 305 g/mol. The third kappa shape index (κ3) is 3.50. The Bertz CT molecular complexity index is 623. The van der Waals surface area contributed by atoms with E-state index in [1.165, 1.54) is 11.6 Å². The summed E-state index contributed by atoms with van der Waals surface area (Å²) in [6.07, 6.45) is 0. The number of phenolic OH excluding ortho intramolecular Hbond substituents is 1. The average Bonchev–Trinajstić information content (AvgIpc) is 2.42. The van der Waals surface area contributed by atoms with Gasteiger partial charge in [0.1, 0.15) is 10.7 Å². The first-order chi connectivity index (χ1) is 9.47. The van der Waals surface area contributed by atoms with Crippen molar-refractivity contribution in [2.45, 2.75) is 19.8 Å². The van der Waals surface area contributed by atoms with Crippen LogP contribution < -0.4 is 5.32 Å². The highest BCUT2D eigenvalue weighted by atomic mass is 35.5. The molecule has 2 nitrogen and oxygen atoms in total. The molecule has 0 saturated carbocycles. The molecule has 0 bridgehead atoms. The summed E-state index contributed by atoms with van der Waals surface area (Å²) in [5.74, 6) is 0.610. The Morgan fingerprint density at radius 3 is 2.40 bits per heavy atom. The van der Waals surface area contributed by atoms with Crippen LogP contribution in [0.3, 0.4) is 0 Å². The first-order valence-electron chi connectivity index (χ1n) is 6.37. The molecule has 2 N–H and O–H groups in total. The zero-order valence-electron chi connectivity index (χ0n) is 11.4. The molecular formula is C16H16ClNOS. The van der Waals surface area contributed by atoms with Gasteiger partial charge in [0.2, 0.25) is 0 Å². The third-order valence-corrected chi connectivity index (χ3v) is 3.60. The highest BCUT2D eigenvalue weighted by Crippen LogP contribution is 2.24. The molecule has 2 aromatic rings. The van der Waals surface area contributed by atoms with Crippen LogP contribution in [0.1, 0.15) is 30.9 Å². The van der Waals surface area contributed by atoms with Crippen molar-refractivity contribution in [3.8, 4) is 5.75 Å². The molecule has 0 amide bonds. The van der Waals surface area contributed by atoms with Gasteiger partial charge in [0.05, 0.1) is 5.56 Å². The van der Waals surface area contributed by atoms with Gasteiger partial charge in [-0.15, -0.1) is 0 Å². The van der Waals surface area contributed by atoms with E-state index in [0.717, 1.165) is 5.69 Å². The molecule has 0 radical (unpaired) electrons. The number of halogens is 1. The highest BCUT2D eigenvalue weighted by Gasteiger charge is 2.08. The summed E-state index contributed by atoms with van der Waals surface area (Å²) in [5, 5.41) is 13.5. The summed E-state index contributed by atoms with van der Waals surface area (Å²) in [4.78, 5) is 0.447. The minimum Gasteiger partial charge on any atom is -0.507 e. The second kappa shape index (κ2) is 6.25. The van der Waals surface area contributed by atoms with Crippen LogP contribution in [-0.4, -0.2) is 10.1 Å². The first-order valence-corrected chi connectivity index (χ1v) is 7.16. The van der Waals surface area contributed by atoms with Crippen molar-refractivity contribution < 1.29 is 5.11 Å². The lowest BCUT2D eigenvalue weighted by molar-refractivity contribution is 0.474. The predicted octanol–water partition coefficient (Wildman–Crippen LogP) is 4.96. The molecule has 0 unspecified atom stereocenters. The predicted molar refractivity (Wildman–Crippen MR) is 89.0 cm³/mol. The number of nitrogens with one attached hydrogen (secondary N) is 1. The second-order valence-electron chi connectivity index (χ2n) is 4.89.